The lowest BCUT2D eigenvalue weighted by atomic mass is 10.1. The van der Waals surface area contributed by atoms with E-state index in [0.717, 1.165) is 21.2 Å². The molecule has 2 atom stereocenters. The first-order chi connectivity index (χ1) is 34.3. The maximum atomic E-state index is 13.7. The minimum absolute atomic E-state index is 0.112. The summed E-state index contributed by atoms with van der Waals surface area (Å²) in [7, 11) is 0. The monoisotopic (exact) mass is 1060 g/mol. The fourth-order valence-electron chi connectivity index (χ4n) is 8.55. The average molecular weight is 1060 g/mol. The van der Waals surface area contributed by atoms with Crippen LogP contribution in [0, 0.1) is 26.6 Å². The molecular weight excluding hydrogens is 1000 g/mol. The Morgan fingerprint density at radius 3 is 1.48 bits per heavy atom. The molecule has 0 radical (unpaired) electrons. The Morgan fingerprint density at radius 2 is 1.06 bits per heavy atom. The SMILES string of the molecule is CCC(c1nc2snc(C)c2c(=O)n1Cc1ccc(F)cc1)N(CCCN)C(=O)c1ccc(C)cc1.CCC(c1nc2snc(C)c2c(=O)n1Cc1ccccc1)N(CCCN)C(=O)c1ccc(Br)cc1. The predicted octanol–water partition coefficient (Wildman–Crippen LogP) is 9.51. The second kappa shape index (κ2) is 24.2. The van der Waals surface area contributed by atoms with E-state index in [9.17, 15) is 23.6 Å². The van der Waals surface area contributed by atoms with Gasteiger partial charge in [-0.2, -0.15) is 8.75 Å². The molecule has 8 rings (SSSR count). The van der Waals surface area contributed by atoms with E-state index in [0.29, 0.717) is 113 Å². The van der Waals surface area contributed by atoms with Crippen LogP contribution in [0.5, 0.6) is 0 Å². The van der Waals surface area contributed by atoms with Gasteiger partial charge in [0.1, 0.15) is 17.5 Å². The molecule has 2 amide bonds. The second-order valence-corrected chi connectivity index (χ2v) is 19.7. The molecule has 0 fully saturated rings. The van der Waals surface area contributed by atoms with Gasteiger partial charge in [0, 0.05) is 28.7 Å². The van der Waals surface area contributed by atoms with Crippen molar-refractivity contribution in [2.45, 2.75) is 85.5 Å². The van der Waals surface area contributed by atoms with Crippen LogP contribution in [0.25, 0.3) is 20.4 Å². The van der Waals surface area contributed by atoms with Gasteiger partial charge in [-0.25, -0.2) is 14.4 Å². The van der Waals surface area contributed by atoms with Gasteiger partial charge in [0.25, 0.3) is 22.9 Å². The van der Waals surface area contributed by atoms with Crippen molar-refractivity contribution in [2.24, 2.45) is 11.5 Å². The van der Waals surface area contributed by atoms with Gasteiger partial charge in [0.15, 0.2) is 9.66 Å². The highest BCUT2D eigenvalue weighted by Crippen LogP contribution is 2.30. The maximum absolute atomic E-state index is 13.7. The quantitative estimate of drug-likeness (QED) is 0.0838. The van der Waals surface area contributed by atoms with Gasteiger partial charge in [0.2, 0.25) is 0 Å². The summed E-state index contributed by atoms with van der Waals surface area (Å²) >= 11 is 5.83. The summed E-state index contributed by atoms with van der Waals surface area (Å²) in [6, 6.07) is 29.7. The Hall–Kier alpha value is -6.31. The molecule has 0 aliphatic rings. The first-order valence-electron chi connectivity index (χ1n) is 23.6. The number of fused-ring (bicyclic) bond motifs is 2. The number of carbonyl (C=O) groups excluding carboxylic acids is 2. The molecule has 18 heteroatoms. The van der Waals surface area contributed by atoms with Crippen LogP contribution in [0.4, 0.5) is 4.39 Å². The zero-order valence-corrected chi connectivity index (χ0v) is 43.7. The van der Waals surface area contributed by atoms with Gasteiger partial charge in [-0.15, -0.1) is 0 Å². The topological polar surface area (TPSA) is 188 Å². The van der Waals surface area contributed by atoms with Crippen molar-refractivity contribution in [2.75, 3.05) is 26.2 Å². The van der Waals surface area contributed by atoms with Crippen molar-refractivity contribution < 1.29 is 14.0 Å². The van der Waals surface area contributed by atoms with Crippen molar-refractivity contribution in [1.82, 2.24) is 37.6 Å². The van der Waals surface area contributed by atoms with Gasteiger partial charge in [0.05, 0.1) is 47.3 Å². The second-order valence-electron chi connectivity index (χ2n) is 17.2. The smallest absolute Gasteiger partial charge is 0.264 e. The first kappa shape index (κ1) is 52.5. The largest absolute Gasteiger partial charge is 0.330 e. The number of amides is 2. The molecule has 14 nitrogen and oxygen atoms in total. The van der Waals surface area contributed by atoms with E-state index < -0.39 is 12.1 Å². The van der Waals surface area contributed by atoms with Crippen LogP contribution >= 0.6 is 39.0 Å². The lowest BCUT2D eigenvalue weighted by molar-refractivity contribution is 0.0648. The Balaban J connectivity index is 0.000000209. The van der Waals surface area contributed by atoms with E-state index in [-0.39, 0.29) is 35.3 Å². The Bertz CT molecular complexity index is 3220. The van der Waals surface area contributed by atoms with Crippen LogP contribution in [0.1, 0.15) is 112 Å². The van der Waals surface area contributed by atoms with E-state index in [1.807, 2.05) is 94.4 Å². The van der Waals surface area contributed by atoms with Crippen LogP contribution in [0.2, 0.25) is 0 Å². The molecule has 0 aliphatic heterocycles. The lowest BCUT2D eigenvalue weighted by Gasteiger charge is -2.32. The molecule has 2 unspecified atom stereocenters. The van der Waals surface area contributed by atoms with Crippen LogP contribution < -0.4 is 22.6 Å². The summed E-state index contributed by atoms with van der Waals surface area (Å²) in [5, 5.41) is 1.01. The molecule has 0 bridgehead atoms. The third-order valence-electron chi connectivity index (χ3n) is 12.3. The summed E-state index contributed by atoms with van der Waals surface area (Å²) in [4.78, 5) is 69.4. The van der Waals surface area contributed by atoms with E-state index >= 15 is 0 Å². The van der Waals surface area contributed by atoms with Crippen LogP contribution in [0.3, 0.4) is 0 Å². The minimum Gasteiger partial charge on any atom is -0.330 e. The molecular formula is C53H58BrFN10O4S2. The van der Waals surface area contributed by atoms with Crippen molar-refractivity contribution in [3.8, 4) is 0 Å². The Labute approximate surface area is 428 Å². The van der Waals surface area contributed by atoms with E-state index in [2.05, 4.69) is 24.7 Å². The molecule has 0 aliphatic carbocycles. The molecule has 370 valence electrons. The molecule has 0 saturated heterocycles. The van der Waals surface area contributed by atoms with E-state index in [1.54, 1.807) is 50.1 Å². The van der Waals surface area contributed by atoms with Crippen molar-refractivity contribution in [3.05, 3.63) is 185 Å². The molecule has 0 spiro atoms. The third-order valence-corrected chi connectivity index (χ3v) is 14.5. The number of halogens is 2. The maximum Gasteiger partial charge on any atom is 0.264 e. The van der Waals surface area contributed by atoms with Crippen LogP contribution in [-0.2, 0) is 13.1 Å². The van der Waals surface area contributed by atoms with Gasteiger partial charge in [-0.3, -0.25) is 28.3 Å². The molecule has 0 saturated carbocycles. The molecule has 4 aromatic heterocycles. The number of nitrogens with zero attached hydrogens (tertiary/aromatic N) is 8. The summed E-state index contributed by atoms with van der Waals surface area (Å²) in [5.41, 5.74) is 16.5. The average Bonchev–Trinajstić information content (AvgIpc) is 3.95. The standard InChI is InChI=1S/C27H30FN5O2S.C26H28BrN5O2S/c1-4-22(32(15-5-14-29)26(34)20-10-6-17(2)7-11-20)24-30-25-23(18(3)31-36-25)27(35)33(24)16-19-8-12-21(28)13-9-19;1-3-21(31(15-7-14-28)25(33)19-10-12-20(27)13-11-19)23-29-24-22(17(2)30-35-24)26(34)32(23)16-18-8-5-4-6-9-18/h6-13,22H,4-5,14-16,29H2,1-3H3;4-6,8-13,21H,3,7,14-16,28H2,1-2H3. The summed E-state index contributed by atoms with van der Waals surface area (Å²) < 4.78 is 26.5. The number of rotatable bonds is 18. The fraction of sp³-hybridized carbons (Fsp3) is 0.321. The van der Waals surface area contributed by atoms with Gasteiger partial charge < -0.3 is 21.3 Å². The summed E-state index contributed by atoms with van der Waals surface area (Å²) in [6.07, 6.45) is 2.39. The highest BCUT2D eigenvalue weighted by Gasteiger charge is 2.32. The van der Waals surface area contributed by atoms with Crippen LogP contribution in [0.15, 0.2) is 117 Å². The number of aromatic nitrogens is 6. The molecule has 4 aromatic carbocycles. The number of aryl methyl sites for hydroxylation is 3. The number of benzene rings is 4. The lowest BCUT2D eigenvalue weighted by Crippen LogP contribution is -2.40. The predicted molar refractivity (Wildman–Crippen MR) is 285 cm³/mol. The third kappa shape index (κ3) is 12.1. The number of hydrogen-bond donors (Lipinski definition) is 2. The van der Waals surface area contributed by atoms with E-state index in [1.165, 1.54) is 35.2 Å². The fourth-order valence-corrected chi connectivity index (χ4v) is 10.4. The molecule has 4 heterocycles. The number of hydrogen-bond acceptors (Lipinski definition) is 12. The van der Waals surface area contributed by atoms with E-state index in [4.69, 9.17) is 21.4 Å². The minimum atomic E-state index is -0.467. The van der Waals surface area contributed by atoms with Gasteiger partial charge >= 0.3 is 0 Å². The summed E-state index contributed by atoms with van der Waals surface area (Å²) in [5.74, 6) is 0.457. The van der Waals surface area contributed by atoms with Crippen molar-refractivity contribution in [1.29, 1.82) is 0 Å². The molecule has 8 aromatic rings. The van der Waals surface area contributed by atoms with Gasteiger partial charge in [-0.05, 0) is 142 Å². The normalized spacial score (nSPS) is 12.1. The van der Waals surface area contributed by atoms with Crippen molar-refractivity contribution >= 4 is 71.2 Å². The Morgan fingerprint density at radius 1 is 0.634 bits per heavy atom. The highest BCUT2D eigenvalue weighted by molar-refractivity contribution is 9.10. The Kier molecular flexibility index (Phi) is 17.9. The highest BCUT2D eigenvalue weighted by atomic mass is 79.9. The zero-order valence-electron chi connectivity index (χ0n) is 40.5. The molecule has 71 heavy (non-hydrogen) atoms. The number of carbonyl (C=O) groups is 2. The zero-order chi connectivity index (χ0) is 50.8. The summed E-state index contributed by atoms with van der Waals surface area (Å²) in [6.45, 7) is 11.9. The first-order valence-corrected chi connectivity index (χ1v) is 26.0. The van der Waals surface area contributed by atoms with Crippen LogP contribution in [-0.4, -0.2) is 75.6 Å². The van der Waals surface area contributed by atoms with Gasteiger partial charge in [-0.1, -0.05) is 89.9 Å². The van der Waals surface area contributed by atoms with Crippen molar-refractivity contribution in [3.63, 3.8) is 0 Å². The molecule has 4 N–H and O–H groups in total. The number of nitrogens with two attached hydrogens (primary N) is 2.